The fourth-order valence-electron chi connectivity index (χ4n) is 1.07. The Kier molecular flexibility index (Phi) is 3.52. The minimum Gasteiger partial charge on any atom is -0.394 e. The summed E-state index contributed by atoms with van der Waals surface area (Å²) in [6, 6.07) is 0. The topological polar surface area (TPSA) is 40.5 Å². The summed E-state index contributed by atoms with van der Waals surface area (Å²) in [5.41, 5.74) is 0. The Labute approximate surface area is 88.2 Å². The van der Waals surface area contributed by atoms with Gasteiger partial charge in [0.2, 0.25) is 0 Å². The van der Waals surface area contributed by atoms with E-state index in [1.165, 1.54) is 0 Å². The van der Waals surface area contributed by atoms with Gasteiger partial charge in [0.1, 0.15) is 0 Å². The summed E-state index contributed by atoms with van der Waals surface area (Å²) >= 11 is 6.74. The van der Waals surface area contributed by atoms with Crippen LogP contribution in [0.25, 0.3) is 0 Å². The van der Waals surface area contributed by atoms with Crippen LogP contribution in [0.15, 0.2) is 22.7 Å². The molecule has 0 saturated heterocycles. The van der Waals surface area contributed by atoms with Gasteiger partial charge in [0.25, 0.3) is 0 Å². The highest BCUT2D eigenvalue weighted by Crippen LogP contribution is 2.36. The van der Waals surface area contributed by atoms with Crippen LogP contribution in [0.4, 0.5) is 0 Å². The third kappa shape index (κ3) is 2.19. The number of rotatable bonds is 2. The van der Waals surface area contributed by atoms with Crippen LogP contribution in [0.2, 0.25) is 0 Å². The smallest absolute Gasteiger partial charge is 0.0962 e. The number of halogens is 2. The third-order valence-corrected chi connectivity index (χ3v) is 3.43. The molecule has 4 heteroatoms. The molecule has 0 aromatic heterocycles. The molecule has 2 atom stereocenters. The van der Waals surface area contributed by atoms with Crippen molar-refractivity contribution >= 4 is 31.9 Å². The lowest BCUT2D eigenvalue weighted by Crippen LogP contribution is -2.37. The zero-order chi connectivity index (χ0) is 9.19. The third-order valence-electron chi connectivity index (χ3n) is 1.82. The molecule has 0 heterocycles. The van der Waals surface area contributed by atoms with E-state index in [0.29, 0.717) is 6.42 Å². The van der Waals surface area contributed by atoms with Crippen molar-refractivity contribution in [3.63, 3.8) is 0 Å². The number of hydrogen-bond acceptors (Lipinski definition) is 2. The first-order valence-electron chi connectivity index (χ1n) is 3.60. The van der Waals surface area contributed by atoms with E-state index in [1.54, 1.807) is 0 Å². The Bertz CT molecular complexity index is 225. The summed E-state index contributed by atoms with van der Waals surface area (Å²) in [6.07, 6.45) is 5.50. The van der Waals surface area contributed by atoms with Gasteiger partial charge in [0.05, 0.1) is 17.0 Å². The molecule has 0 bridgehead atoms. The molecule has 0 spiro atoms. The molecule has 0 saturated carbocycles. The molecule has 1 rings (SSSR count). The van der Waals surface area contributed by atoms with Gasteiger partial charge < -0.3 is 10.2 Å². The molecule has 0 fully saturated rings. The van der Waals surface area contributed by atoms with E-state index in [9.17, 15) is 5.11 Å². The largest absolute Gasteiger partial charge is 0.394 e. The molecule has 68 valence electrons. The lowest BCUT2D eigenvalue weighted by Gasteiger charge is -2.30. The van der Waals surface area contributed by atoms with Crippen LogP contribution in [0.3, 0.4) is 0 Å². The van der Waals surface area contributed by atoms with Gasteiger partial charge in [-0.2, -0.15) is 0 Å². The average Bonchev–Trinajstić information content (AvgIpc) is 2.02. The van der Waals surface area contributed by atoms with Gasteiger partial charge in [0.15, 0.2) is 0 Å². The number of aliphatic hydroxyl groups excluding tert-OH is 2. The van der Waals surface area contributed by atoms with Crippen LogP contribution >= 0.6 is 31.9 Å². The molecular weight excluding hydrogens is 288 g/mol. The molecule has 1 aliphatic carbocycles. The first-order valence-corrected chi connectivity index (χ1v) is 5.19. The summed E-state index contributed by atoms with van der Waals surface area (Å²) in [6.45, 7) is -0.240. The second kappa shape index (κ2) is 4.05. The molecule has 1 aliphatic rings. The molecule has 0 amide bonds. The van der Waals surface area contributed by atoms with Gasteiger partial charge in [-0.05, 0) is 4.48 Å². The molecule has 0 aliphatic heterocycles. The van der Waals surface area contributed by atoms with Crippen molar-refractivity contribution < 1.29 is 10.2 Å². The van der Waals surface area contributed by atoms with Gasteiger partial charge >= 0.3 is 0 Å². The van der Waals surface area contributed by atoms with E-state index in [-0.39, 0.29) is 6.61 Å². The second-order valence-corrected chi connectivity index (χ2v) is 5.27. The minimum atomic E-state index is -0.769. The van der Waals surface area contributed by atoms with Crippen LogP contribution in [-0.4, -0.2) is 27.2 Å². The van der Waals surface area contributed by atoms with Crippen LogP contribution < -0.4 is 0 Å². The van der Waals surface area contributed by atoms with Gasteiger partial charge in [-0.15, -0.1) is 0 Å². The summed E-state index contributed by atoms with van der Waals surface area (Å²) in [5.74, 6) is 0. The van der Waals surface area contributed by atoms with E-state index in [2.05, 4.69) is 31.9 Å². The Morgan fingerprint density at radius 1 is 1.67 bits per heavy atom. The van der Waals surface area contributed by atoms with Crippen molar-refractivity contribution in [2.45, 2.75) is 16.8 Å². The monoisotopic (exact) mass is 296 g/mol. The zero-order valence-corrected chi connectivity index (χ0v) is 9.55. The van der Waals surface area contributed by atoms with Crippen LogP contribution in [0.5, 0.6) is 0 Å². The fraction of sp³-hybridized carbons (Fsp3) is 0.500. The lowest BCUT2D eigenvalue weighted by molar-refractivity contribution is 0.0772. The maximum atomic E-state index is 9.46. The predicted octanol–water partition coefficient (Wildman–Crippen LogP) is 1.71. The Morgan fingerprint density at radius 3 is 2.83 bits per heavy atom. The number of hydrogen-bond donors (Lipinski definition) is 2. The van der Waals surface area contributed by atoms with Gasteiger partial charge in [-0.3, -0.25) is 0 Å². The Morgan fingerprint density at radius 2 is 2.33 bits per heavy atom. The molecule has 0 aromatic carbocycles. The van der Waals surface area contributed by atoms with Crippen LogP contribution in [0.1, 0.15) is 6.42 Å². The number of alkyl halides is 1. The molecule has 2 nitrogen and oxygen atoms in total. The standard InChI is InChI=1S/C8H10Br2O2/c9-6-2-1-3-8(10,4-6)7(12)5-11/h1-3,7,11-12H,4-5H2. The molecular formula is C8H10Br2O2. The second-order valence-electron chi connectivity index (χ2n) is 2.77. The van der Waals surface area contributed by atoms with Crippen molar-refractivity contribution in [2.24, 2.45) is 0 Å². The molecule has 0 aromatic rings. The average molecular weight is 298 g/mol. The first kappa shape index (κ1) is 10.4. The van der Waals surface area contributed by atoms with E-state index >= 15 is 0 Å². The fourth-order valence-corrected chi connectivity index (χ4v) is 2.66. The summed E-state index contributed by atoms with van der Waals surface area (Å²) < 4.78 is 0.490. The molecule has 2 N–H and O–H groups in total. The molecule has 0 radical (unpaired) electrons. The Hall–Kier alpha value is 0.360. The maximum absolute atomic E-state index is 9.46. The summed E-state index contributed by atoms with van der Waals surface area (Å²) in [4.78, 5) is 0. The first-order chi connectivity index (χ1) is 5.58. The van der Waals surface area contributed by atoms with E-state index in [1.807, 2.05) is 18.2 Å². The minimum absolute atomic E-state index is 0.240. The lowest BCUT2D eigenvalue weighted by atomic mass is 9.95. The predicted molar refractivity (Wildman–Crippen MR) is 55.5 cm³/mol. The van der Waals surface area contributed by atoms with Crippen LogP contribution in [-0.2, 0) is 0 Å². The Balaban J connectivity index is 2.75. The van der Waals surface area contributed by atoms with Crippen molar-refractivity contribution in [1.29, 1.82) is 0 Å². The van der Waals surface area contributed by atoms with E-state index in [0.717, 1.165) is 4.48 Å². The quantitative estimate of drug-likeness (QED) is 0.762. The summed E-state index contributed by atoms with van der Waals surface area (Å²) in [7, 11) is 0. The number of aliphatic hydroxyl groups is 2. The van der Waals surface area contributed by atoms with Crippen LogP contribution in [0, 0.1) is 0 Å². The summed E-state index contributed by atoms with van der Waals surface area (Å²) in [5, 5.41) is 18.3. The van der Waals surface area contributed by atoms with E-state index < -0.39 is 10.4 Å². The number of allylic oxidation sites excluding steroid dienone is 3. The zero-order valence-electron chi connectivity index (χ0n) is 6.37. The normalized spacial score (nSPS) is 31.5. The molecule has 2 unspecified atom stereocenters. The highest BCUT2D eigenvalue weighted by atomic mass is 79.9. The van der Waals surface area contributed by atoms with Crippen molar-refractivity contribution in [2.75, 3.05) is 6.61 Å². The van der Waals surface area contributed by atoms with Crippen molar-refractivity contribution in [1.82, 2.24) is 0 Å². The van der Waals surface area contributed by atoms with Crippen molar-refractivity contribution in [3.05, 3.63) is 22.7 Å². The highest BCUT2D eigenvalue weighted by Gasteiger charge is 2.33. The maximum Gasteiger partial charge on any atom is 0.0962 e. The van der Waals surface area contributed by atoms with Gasteiger partial charge in [0, 0.05) is 6.42 Å². The highest BCUT2D eigenvalue weighted by molar-refractivity contribution is 9.12. The van der Waals surface area contributed by atoms with Gasteiger partial charge in [-0.1, -0.05) is 50.1 Å². The van der Waals surface area contributed by atoms with E-state index in [4.69, 9.17) is 5.11 Å². The van der Waals surface area contributed by atoms with Gasteiger partial charge in [-0.25, -0.2) is 0 Å². The van der Waals surface area contributed by atoms with Crippen molar-refractivity contribution in [3.8, 4) is 0 Å². The molecule has 12 heavy (non-hydrogen) atoms. The SMILES string of the molecule is OCC(O)C1(Br)C=CC=C(Br)C1.